The van der Waals surface area contributed by atoms with E-state index in [0.717, 1.165) is 26.2 Å². The van der Waals surface area contributed by atoms with Gasteiger partial charge in [-0.3, -0.25) is 4.57 Å². The van der Waals surface area contributed by atoms with Gasteiger partial charge in [0.2, 0.25) is 5.95 Å². The molecule has 1 aromatic heterocycles. The van der Waals surface area contributed by atoms with Crippen molar-refractivity contribution in [3.05, 3.63) is 4.77 Å². The van der Waals surface area contributed by atoms with Crippen LogP contribution in [0, 0.1) is 4.77 Å². The number of anilines is 1. The molecule has 0 aromatic carbocycles. The largest absolute Gasteiger partial charge is 0.368 e. The maximum Gasteiger partial charge on any atom is 0.220 e. The Morgan fingerprint density at radius 3 is 2.57 bits per heavy atom. The summed E-state index contributed by atoms with van der Waals surface area (Å²) < 4.78 is 2.41. The topological polar surface area (TPSA) is 62.9 Å². The molecular weight excluding hydrogens is 198 g/mol. The molecule has 5 nitrogen and oxygen atoms in total. The molecule has 0 aliphatic heterocycles. The second-order valence-corrected chi connectivity index (χ2v) is 3.45. The Morgan fingerprint density at radius 1 is 1.50 bits per heavy atom. The Labute approximate surface area is 88.9 Å². The third-order valence-corrected chi connectivity index (χ3v) is 2.63. The second-order valence-electron chi connectivity index (χ2n) is 3.07. The molecule has 3 N–H and O–H groups in total. The van der Waals surface area contributed by atoms with Crippen molar-refractivity contribution in [3.8, 4) is 0 Å². The number of nitrogen functional groups attached to an aromatic ring is 1. The summed E-state index contributed by atoms with van der Waals surface area (Å²) in [4.78, 5) is 2.31. The molecule has 0 radical (unpaired) electrons. The standard InChI is InChI=1S/C8H17N5S/c1-3-12(4-2)5-6-13-7(9)10-11-8(13)14/h3-6H2,1-2H3,(H2,9,10)(H,11,14). The summed E-state index contributed by atoms with van der Waals surface area (Å²) in [6.45, 7) is 8.11. The van der Waals surface area contributed by atoms with E-state index in [9.17, 15) is 0 Å². The van der Waals surface area contributed by atoms with Gasteiger partial charge >= 0.3 is 0 Å². The molecule has 6 heteroatoms. The number of H-pyrrole nitrogens is 1. The van der Waals surface area contributed by atoms with Crippen LogP contribution in [0.4, 0.5) is 5.95 Å². The van der Waals surface area contributed by atoms with Gasteiger partial charge in [-0.15, -0.1) is 5.10 Å². The Balaban J connectivity index is 2.57. The van der Waals surface area contributed by atoms with Crippen molar-refractivity contribution in [1.29, 1.82) is 0 Å². The van der Waals surface area contributed by atoms with E-state index in [1.165, 1.54) is 0 Å². The maximum atomic E-state index is 5.65. The molecule has 0 unspecified atom stereocenters. The van der Waals surface area contributed by atoms with Gasteiger partial charge in [0.25, 0.3) is 0 Å². The zero-order valence-corrected chi connectivity index (χ0v) is 9.47. The number of aromatic nitrogens is 3. The van der Waals surface area contributed by atoms with E-state index in [0.29, 0.717) is 10.7 Å². The molecule has 0 saturated carbocycles. The lowest BCUT2D eigenvalue weighted by atomic mass is 10.4. The minimum atomic E-state index is 0.460. The van der Waals surface area contributed by atoms with Crippen LogP contribution in [0.3, 0.4) is 0 Å². The Bertz CT molecular complexity index is 325. The zero-order chi connectivity index (χ0) is 10.6. The lowest BCUT2D eigenvalue weighted by Crippen LogP contribution is -2.27. The number of nitrogens with one attached hydrogen (secondary N) is 1. The molecule has 14 heavy (non-hydrogen) atoms. The van der Waals surface area contributed by atoms with Crippen molar-refractivity contribution in [2.24, 2.45) is 0 Å². The normalized spacial score (nSPS) is 11.1. The van der Waals surface area contributed by atoms with E-state index in [4.69, 9.17) is 18.0 Å². The zero-order valence-electron chi connectivity index (χ0n) is 8.66. The van der Waals surface area contributed by atoms with Crippen LogP contribution in [0.15, 0.2) is 0 Å². The van der Waals surface area contributed by atoms with E-state index < -0.39 is 0 Å². The van der Waals surface area contributed by atoms with E-state index in [-0.39, 0.29) is 0 Å². The number of hydrogen-bond acceptors (Lipinski definition) is 4. The molecule has 0 aliphatic carbocycles. The molecule has 1 heterocycles. The van der Waals surface area contributed by atoms with Gasteiger partial charge < -0.3 is 10.6 Å². The average Bonchev–Trinajstić information content (AvgIpc) is 2.50. The van der Waals surface area contributed by atoms with Crippen LogP contribution >= 0.6 is 12.2 Å². The molecule has 1 aromatic rings. The Morgan fingerprint density at radius 2 is 2.14 bits per heavy atom. The van der Waals surface area contributed by atoms with Crippen molar-refractivity contribution in [3.63, 3.8) is 0 Å². The quantitative estimate of drug-likeness (QED) is 0.715. The van der Waals surface area contributed by atoms with Gasteiger partial charge in [-0.05, 0) is 25.3 Å². The Kier molecular flexibility index (Phi) is 4.09. The van der Waals surface area contributed by atoms with Crippen LogP contribution in [0.5, 0.6) is 0 Å². The molecule has 0 aliphatic rings. The summed E-state index contributed by atoms with van der Waals surface area (Å²) in [5.74, 6) is 0.460. The fourth-order valence-electron chi connectivity index (χ4n) is 1.33. The Hall–Kier alpha value is -0.880. The van der Waals surface area contributed by atoms with E-state index in [1.54, 1.807) is 0 Å². The molecule has 80 valence electrons. The minimum Gasteiger partial charge on any atom is -0.368 e. The number of aromatic amines is 1. The van der Waals surface area contributed by atoms with Crippen molar-refractivity contribution >= 4 is 18.2 Å². The van der Waals surface area contributed by atoms with Gasteiger partial charge in [0.05, 0.1) is 0 Å². The number of hydrogen-bond donors (Lipinski definition) is 2. The van der Waals surface area contributed by atoms with Gasteiger partial charge in [0.15, 0.2) is 4.77 Å². The first-order chi connectivity index (χ1) is 6.69. The summed E-state index contributed by atoms with van der Waals surface area (Å²) in [7, 11) is 0. The fourth-order valence-corrected chi connectivity index (χ4v) is 1.56. The smallest absolute Gasteiger partial charge is 0.220 e. The number of nitrogens with two attached hydrogens (primary N) is 1. The summed E-state index contributed by atoms with van der Waals surface area (Å²) in [6, 6.07) is 0. The lowest BCUT2D eigenvalue weighted by Gasteiger charge is -2.17. The van der Waals surface area contributed by atoms with Crippen molar-refractivity contribution < 1.29 is 0 Å². The van der Waals surface area contributed by atoms with Crippen LogP contribution in [0.1, 0.15) is 13.8 Å². The predicted octanol–water partition coefficient (Wildman–Crippen LogP) is 0.865. The van der Waals surface area contributed by atoms with Crippen LogP contribution in [-0.4, -0.2) is 39.3 Å². The first-order valence-corrected chi connectivity index (χ1v) is 5.22. The number of likely N-dealkylation sites (N-methyl/N-ethyl adjacent to an activating group) is 1. The average molecular weight is 215 g/mol. The molecule has 0 saturated heterocycles. The lowest BCUT2D eigenvalue weighted by molar-refractivity contribution is 0.290. The molecule has 0 bridgehead atoms. The van der Waals surface area contributed by atoms with Crippen LogP contribution < -0.4 is 5.73 Å². The first-order valence-electron chi connectivity index (χ1n) is 4.82. The predicted molar refractivity (Wildman–Crippen MR) is 59.6 cm³/mol. The van der Waals surface area contributed by atoms with Gasteiger partial charge in [-0.1, -0.05) is 13.8 Å². The first kappa shape index (κ1) is 11.2. The highest BCUT2D eigenvalue weighted by atomic mass is 32.1. The fraction of sp³-hybridized carbons (Fsp3) is 0.750. The summed E-state index contributed by atoms with van der Waals surface area (Å²) in [5.41, 5.74) is 5.65. The molecular formula is C8H17N5S. The molecule has 0 spiro atoms. The van der Waals surface area contributed by atoms with Crippen molar-refractivity contribution in [2.75, 3.05) is 25.4 Å². The van der Waals surface area contributed by atoms with Gasteiger partial charge in [0.1, 0.15) is 0 Å². The van der Waals surface area contributed by atoms with Gasteiger partial charge in [-0.2, -0.15) is 0 Å². The minimum absolute atomic E-state index is 0.460. The monoisotopic (exact) mass is 215 g/mol. The van der Waals surface area contributed by atoms with E-state index in [2.05, 4.69) is 28.9 Å². The maximum absolute atomic E-state index is 5.65. The molecule has 0 amide bonds. The molecule has 0 fully saturated rings. The highest BCUT2D eigenvalue weighted by molar-refractivity contribution is 7.71. The van der Waals surface area contributed by atoms with E-state index >= 15 is 0 Å². The van der Waals surface area contributed by atoms with Crippen LogP contribution in [0.25, 0.3) is 0 Å². The van der Waals surface area contributed by atoms with Gasteiger partial charge in [0, 0.05) is 13.1 Å². The number of rotatable bonds is 5. The van der Waals surface area contributed by atoms with Gasteiger partial charge in [-0.25, -0.2) is 5.10 Å². The van der Waals surface area contributed by atoms with Crippen LogP contribution in [-0.2, 0) is 6.54 Å². The SMILES string of the molecule is CCN(CC)CCn1c(N)n[nH]c1=S. The summed E-state index contributed by atoms with van der Waals surface area (Å²) in [6.07, 6.45) is 0. The van der Waals surface area contributed by atoms with Crippen molar-refractivity contribution in [1.82, 2.24) is 19.7 Å². The summed E-state index contributed by atoms with van der Waals surface area (Å²) >= 11 is 5.04. The number of nitrogens with zero attached hydrogens (tertiary/aromatic N) is 3. The second kappa shape index (κ2) is 5.11. The van der Waals surface area contributed by atoms with Crippen molar-refractivity contribution in [2.45, 2.75) is 20.4 Å². The highest BCUT2D eigenvalue weighted by Gasteiger charge is 2.03. The molecule has 0 atom stereocenters. The molecule has 1 rings (SSSR count). The summed E-state index contributed by atoms with van der Waals surface area (Å²) in [5, 5.41) is 6.52. The highest BCUT2D eigenvalue weighted by Crippen LogP contribution is 1.99. The van der Waals surface area contributed by atoms with E-state index in [1.807, 2.05) is 4.57 Å². The third-order valence-electron chi connectivity index (χ3n) is 2.32. The van der Waals surface area contributed by atoms with Crippen LogP contribution in [0.2, 0.25) is 0 Å². The third kappa shape index (κ3) is 2.55.